The zero-order valence-electron chi connectivity index (χ0n) is 7.01. The molecular weight excluding hydrogens is 142 g/mol. The number of pyridine rings is 1. The molecule has 0 aliphatic rings. The van der Waals surface area contributed by atoms with Crippen molar-refractivity contribution in [3.05, 3.63) is 28.2 Å². The van der Waals surface area contributed by atoms with Crippen LogP contribution in [-0.2, 0) is 0 Å². The maximum Gasteiger partial charge on any atom is 0.290 e. The summed E-state index contributed by atoms with van der Waals surface area (Å²) in [6.45, 7) is 5.75. The van der Waals surface area contributed by atoms with Gasteiger partial charge in [-0.25, -0.2) is 0 Å². The van der Waals surface area contributed by atoms with Gasteiger partial charge < -0.3 is 10.1 Å². The number of hydrogen-bond donors (Lipinski definition) is 2. The Bertz CT molecular complexity index is 265. The van der Waals surface area contributed by atoms with E-state index in [0.717, 1.165) is 5.69 Å². The van der Waals surface area contributed by atoms with Crippen LogP contribution in [0.15, 0.2) is 16.9 Å². The lowest BCUT2D eigenvalue weighted by Gasteiger charge is -1.90. The molecular formula is C8H13NO2. The molecule has 62 valence electrons. The standard InChI is InChI=1S/C6H7NO2.C2H6/c1-4-2-3-5(8)6(9)7-4;1-2/h2-3,8H,1H3,(H,7,9);1-2H3. The molecule has 1 rings (SSSR count). The summed E-state index contributed by atoms with van der Waals surface area (Å²) in [7, 11) is 0. The van der Waals surface area contributed by atoms with Crippen molar-refractivity contribution in [1.82, 2.24) is 4.98 Å². The highest BCUT2D eigenvalue weighted by molar-refractivity contribution is 5.17. The summed E-state index contributed by atoms with van der Waals surface area (Å²) < 4.78 is 0. The predicted molar refractivity (Wildman–Crippen MR) is 44.8 cm³/mol. The number of H-pyrrole nitrogens is 1. The van der Waals surface area contributed by atoms with Gasteiger partial charge in [-0.1, -0.05) is 13.8 Å². The number of rotatable bonds is 0. The predicted octanol–water partition coefficient (Wildman–Crippen LogP) is 1.42. The van der Waals surface area contributed by atoms with E-state index in [1.165, 1.54) is 6.07 Å². The van der Waals surface area contributed by atoms with Crippen LogP contribution in [0.2, 0.25) is 0 Å². The minimum atomic E-state index is -0.435. The molecule has 0 aliphatic carbocycles. The van der Waals surface area contributed by atoms with Gasteiger partial charge in [-0.2, -0.15) is 0 Å². The minimum Gasteiger partial charge on any atom is -0.503 e. The molecule has 0 fully saturated rings. The van der Waals surface area contributed by atoms with Crippen LogP contribution in [-0.4, -0.2) is 10.1 Å². The number of aromatic nitrogens is 1. The van der Waals surface area contributed by atoms with Crippen LogP contribution < -0.4 is 5.56 Å². The highest BCUT2D eigenvalue weighted by atomic mass is 16.3. The molecule has 0 spiro atoms. The average molecular weight is 155 g/mol. The van der Waals surface area contributed by atoms with Crippen molar-refractivity contribution in [3.63, 3.8) is 0 Å². The Hall–Kier alpha value is -1.25. The molecule has 0 atom stereocenters. The molecule has 2 N–H and O–H groups in total. The van der Waals surface area contributed by atoms with Gasteiger partial charge in [0, 0.05) is 5.69 Å². The highest BCUT2D eigenvalue weighted by Gasteiger charge is 1.91. The molecule has 3 heteroatoms. The van der Waals surface area contributed by atoms with Gasteiger partial charge in [-0.3, -0.25) is 4.79 Å². The Kier molecular flexibility index (Phi) is 4.03. The zero-order chi connectivity index (χ0) is 8.85. The fraction of sp³-hybridized carbons (Fsp3) is 0.375. The van der Waals surface area contributed by atoms with E-state index in [1.54, 1.807) is 13.0 Å². The number of aromatic hydroxyl groups is 1. The monoisotopic (exact) mass is 155 g/mol. The number of aryl methyl sites for hydroxylation is 1. The summed E-state index contributed by atoms with van der Waals surface area (Å²) in [5, 5.41) is 8.70. The molecule has 0 aromatic carbocycles. The molecule has 1 aromatic heterocycles. The summed E-state index contributed by atoms with van der Waals surface area (Å²) in [6.07, 6.45) is 0. The van der Waals surface area contributed by atoms with E-state index in [4.69, 9.17) is 5.11 Å². The molecule has 0 bridgehead atoms. The molecule has 0 unspecified atom stereocenters. The van der Waals surface area contributed by atoms with Gasteiger partial charge in [0.2, 0.25) is 0 Å². The van der Waals surface area contributed by atoms with Crippen LogP contribution in [0.25, 0.3) is 0 Å². The summed E-state index contributed by atoms with van der Waals surface area (Å²) in [4.78, 5) is 13.0. The first kappa shape index (κ1) is 9.75. The largest absolute Gasteiger partial charge is 0.503 e. The van der Waals surface area contributed by atoms with Gasteiger partial charge in [0.15, 0.2) is 5.75 Å². The Morgan fingerprint density at radius 3 is 2.27 bits per heavy atom. The van der Waals surface area contributed by atoms with Crippen molar-refractivity contribution in [1.29, 1.82) is 0 Å². The lowest BCUT2D eigenvalue weighted by Crippen LogP contribution is -2.04. The van der Waals surface area contributed by atoms with Crippen LogP contribution in [0.4, 0.5) is 0 Å². The summed E-state index contributed by atoms with van der Waals surface area (Å²) in [5.74, 6) is -0.236. The SMILES string of the molecule is CC.Cc1ccc(O)c(=O)[nH]1. The number of hydrogen-bond acceptors (Lipinski definition) is 2. The third kappa shape index (κ3) is 2.89. The third-order valence-corrected chi connectivity index (χ3v) is 1.03. The van der Waals surface area contributed by atoms with Crippen LogP contribution in [0.1, 0.15) is 19.5 Å². The van der Waals surface area contributed by atoms with Crippen molar-refractivity contribution in [3.8, 4) is 5.75 Å². The smallest absolute Gasteiger partial charge is 0.290 e. The minimum absolute atomic E-state index is 0.236. The first-order valence-electron chi connectivity index (χ1n) is 3.59. The lowest BCUT2D eigenvalue weighted by molar-refractivity contribution is 0.466. The maximum absolute atomic E-state index is 10.5. The van der Waals surface area contributed by atoms with Crippen LogP contribution >= 0.6 is 0 Å². The molecule has 1 heterocycles. The van der Waals surface area contributed by atoms with Crippen LogP contribution in [0, 0.1) is 6.92 Å². The zero-order valence-corrected chi connectivity index (χ0v) is 7.01. The normalized spacial score (nSPS) is 8.27. The first-order chi connectivity index (χ1) is 5.20. The molecule has 0 radical (unpaired) electrons. The van der Waals surface area contributed by atoms with E-state index in [1.807, 2.05) is 13.8 Å². The summed E-state index contributed by atoms with van der Waals surface area (Å²) in [6, 6.07) is 3.00. The van der Waals surface area contributed by atoms with E-state index < -0.39 is 5.56 Å². The van der Waals surface area contributed by atoms with Gasteiger partial charge in [0.25, 0.3) is 5.56 Å². The van der Waals surface area contributed by atoms with Crippen molar-refractivity contribution in [2.45, 2.75) is 20.8 Å². The molecule has 11 heavy (non-hydrogen) atoms. The Morgan fingerprint density at radius 1 is 1.36 bits per heavy atom. The number of nitrogens with one attached hydrogen (secondary N) is 1. The van der Waals surface area contributed by atoms with Gasteiger partial charge in [0.05, 0.1) is 0 Å². The fourth-order valence-corrected chi connectivity index (χ4v) is 0.564. The molecule has 1 aromatic rings. The second-order valence-corrected chi connectivity index (χ2v) is 1.86. The Labute approximate surface area is 65.7 Å². The Balaban J connectivity index is 0.000000461. The van der Waals surface area contributed by atoms with E-state index in [-0.39, 0.29) is 5.75 Å². The van der Waals surface area contributed by atoms with E-state index >= 15 is 0 Å². The van der Waals surface area contributed by atoms with Crippen LogP contribution in [0.5, 0.6) is 5.75 Å². The third-order valence-electron chi connectivity index (χ3n) is 1.03. The Morgan fingerprint density at radius 2 is 1.91 bits per heavy atom. The summed E-state index contributed by atoms with van der Waals surface area (Å²) >= 11 is 0. The van der Waals surface area contributed by atoms with Gasteiger partial charge >= 0.3 is 0 Å². The molecule has 0 saturated heterocycles. The van der Waals surface area contributed by atoms with Gasteiger partial charge in [-0.05, 0) is 19.1 Å². The van der Waals surface area contributed by atoms with Crippen LogP contribution in [0.3, 0.4) is 0 Å². The van der Waals surface area contributed by atoms with E-state index in [9.17, 15) is 4.79 Å². The lowest BCUT2D eigenvalue weighted by atomic mass is 10.4. The maximum atomic E-state index is 10.5. The van der Waals surface area contributed by atoms with E-state index in [0.29, 0.717) is 0 Å². The average Bonchev–Trinajstić information content (AvgIpc) is 2.02. The quantitative estimate of drug-likeness (QED) is 0.595. The van der Waals surface area contributed by atoms with Crippen molar-refractivity contribution < 1.29 is 5.11 Å². The topological polar surface area (TPSA) is 53.1 Å². The van der Waals surface area contributed by atoms with Crippen molar-refractivity contribution in [2.24, 2.45) is 0 Å². The molecule has 0 amide bonds. The molecule has 3 nitrogen and oxygen atoms in total. The van der Waals surface area contributed by atoms with Crippen molar-refractivity contribution in [2.75, 3.05) is 0 Å². The van der Waals surface area contributed by atoms with E-state index in [2.05, 4.69) is 4.98 Å². The highest BCUT2D eigenvalue weighted by Crippen LogP contribution is 1.97. The van der Waals surface area contributed by atoms with Crippen molar-refractivity contribution >= 4 is 0 Å². The number of aromatic amines is 1. The molecule has 0 aliphatic heterocycles. The second-order valence-electron chi connectivity index (χ2n) is 1.86. The molecule has 0 saturated carbocycles. The van der Waals surface area contributed by atoms with Gasteiger partial charge in [0.1, 0.15) is 0 Å². The van der Waals surface area contributed by atoms with Gasteiger partial charge in [-0.15, -0.1) is 0 Å². The first-order valence-corrected chi connectivity index (χ1v) is 3.59. The fourth-order valence-electron chi connectivity index (χ4n) is 0.564. The summed E-state index contributed by atoms with van der Waals surface area (Å²) in [5.41, 5.74) is 0.313. The second kappa shape index (κ2) is 4.55.